The van der Waals surface area contributed by atoms with Gasteiger partial charge in [0.2, 0.25) is 0 Å². The van der Waals surface area contributed by atoms with Gasteiger partial charge in [-0.3, -0.25) is 0 Å². The van der Waals surface area contributed by atoms with E-state index in [9.17, 15) is 0 Å². The highest BCUT2D eigenvalue weighted by Crippen LogP contribution is 2.59. The maximum absolute atomic E-state index is 6.39. The first-order valence-electron chi connectivity index (χ1n) is 9.99. The van der Waals surface area contributed by atoms with Crippen LogP contribution >= 0.6 is 0 Å². The van der Waals surface area contributed by atoms with E-state index >= 15 is 0 Å². The number of hydrogen-bond donors (Lipinski definition) is 0. The van der Waals surface area contributed by atoms with Gasteiger partial charge in [-0.1, -0.05) is 80.6 Å². The SMILES string of the molecule is CC1(C)[C@@H]2CC[C@@](C)(O2)[C@H]1CCC=C(c1ccccc1)c1ccccc1. The van der Waals surface area contributed by atoms with Gasteiger partial charge < -0.3 is 4.74 Å². The Labute approximate surface area is 158 Å². The molecule has 3 atom stereocenters. The summed E-state index contributed by atoms with van der Waals surface area (Å²) in [5.41, 5.74) is 4.32. The molecule has 2 aromatic rings. The van der Waals surface area contributed by atoms with Crippen molar-refractivity contribution < 1.29 is 4.74 Å². The molecule has 2 saturated heterocycles. The van der Waals surface area contributed by atoms with E-state index in [1.165, 1.54) is 36.0 Å². The molecule has 2 fully saturated rings. The summed E-state index contributed by atoms with van der Waals surface area (Å²) < 4.78 is 6.39. The number of ether oxygens (including phenoxy) is 1. The maximum atomic E-state index is 6.39. The molecule has 26 heavy (non-hydrogen) atoms. The summed E-state index contributed by atoms with van der Waals surface area (Å²) in [5.74, 6) is 0.637. The Morgan fingerprint density at radius 1 is 0.962 bits per heavy atom. The maximum Gasteiger partial charge on any atom is 0.0693 e. The predicted molar refractivity (Wildman–Crippen MR) is 109 cm³/mol. The van der Waals surface area contributed by atoms with Crippen LogP contribution < -0.4 is 0 Å². The second kappa shape index (κ2) is 6.70. The van der Waals surface area contributed by atoms with Crippen LogP contribution in [0.25, 0.3) is 5.57 Å². The van der Waals surface area contributed by atoms with Crippen LogP contribution in [0.1, 0.15) is 57.6 Å². The Hall–Kier alpha value is -1.86. The van der Waals surface area contributed by atoms with Crippen molar-refractivity contribution in [1.29, 1.82) is 0 Å². The Kier molecular flexibility index (Phi) is 4.52. The van der Waals surface area contributed by atoms with Gasteiger partial charge in [0, 0.05) is 0 Å². The summed E-state index contributed by atoms with van der Waals surface area (Å²) in [6.45, 7) is 7.16. The summed E-state index contributed by atoms with van der Waals surface area (Å²) in [6, 6.07) is 21.5. The lowest BCUT2D eigenvalue weighted by Gasteiger charge is -2.39. The van der Waals surface area contributed by atoms with Gasteiger partial charge in [0.1, 0.15) is 0 Å². The van der Waals surface area contributed by atoms with Crippen molar-refractivity contribution in [1.82, 2.24) is 0 Å². The molecule has 2 aliphatic rings. The first-order chi connectivity index (χ1) is 12.5. The minimum atomic E-state index is 0.0850. The van der Waals surface area contributed by atoms with E-state index in [2.05, 4.69) is 87.5 Å². The van der Waals surface area contributed by atoms with Crippen LogP contribution in [-0.4, -0.2) is 11.7 Å². The molecule has 2 aromatic carbocycles. The van der Waals surface area contributed by atoms with Gasteiger partial charge in [-0.05, 0) is 60.6 Å². The molecule has 136 valence electrons. The number of rotatable bonds is 5. The minimum absolute atomic E-state index is 0.0850. The number of hydrogen-bond acceptors (Lipinski definition) is 1. The molecule has 0 radical (unpaired) electrons. The zero-order valence-electron chi connectivity index (χ0n) is 16.2. The average molecular weight is 347 g/mol. The first-order valence-corrected chi connectivity index (χ1v) is 9.99. The molecule has 2 aliphatic heterocycles. The summed E-state index contributed by atoms with van der Waals surface area (Å²) in [7, 11) is 0. The largest absolute Gasteiger partial charge is 0.371 e. The molecule has 4 rings (SSSR count). The smallest absolute Gasteiger partial charge is 0.0693 e. The van der Waals surface area contributed by atoms with Gasteiger partial charge in [0.05, 0.1) is 11.7 Å². The molecule has 0 N–H and O–H groups in total. The number of fused-ring (bicyclic) bond motifs is 2. The summed E-state index contributed by atoms with van der Waals surface area (Å²) in [6.07, 6.45) is 7.64. The van der Waals surface area contributed by atoms with E-state index in [4.69, 9.17) is 4.74 Å². The van der Waals surface area contributed by atoms with E-state index in [0.29, 0.717) is 17.4 Å². The van der Waals surface area contributed by atoms with Crippen molar-refractivity contribution in [2.45, 2.75) is 58.2 Å². The van der Waals surface area contributed by atoms with Gasteiger partial charge in [-0.25, -0.2) is 0 Å². The lowest BCUT2D eigenvalue weighted by atomic mass is 9.62. The average Bonchev–Trinajstić information content (AvgIpc) is 3.13. The quantitative estimate of drug-likeness (QED) is 0.601. The van der Waals surface area contributed by atoms with E-state index in [1.54, 1.807) is 0 Å². The molecule has 2 bridgehead atoms. The third-order valence-electron chi connectivity index (χ3n) is 6.75. The van der Waals surface area contributed by atoms with Crippen molar-refractivity contribution >= 4 is 5.57 Å². The first kappa shape index (κ1) is 17.5. The predicted octanol–water partition coefficient (Wildman–Crippen LogP) is 6.49. The molecular formula is C25H30O. The molecular weight excluding hydrogens is 316 g/mol. The Morgan fingerprint density at radius 3 is 2.04 bits per heavy atom. The third-order valence-corrected chi connectivity index (χ3v) is 6.75. The molecule has 0 saturated carbocycles. The summed E-state index contributed by atoms with van der Waals surface area (Å²) in [5, 5.41) is 0. The fourth-order valence-electron chi connectivity index (χ4n) is 5.36. The molecule has 0 aromatic heterocycles. The van der Waals surface area contributed by atoms with Crippen LogP contribution in [0.15, 0.2) is 66.7 Å². The highest BCUT2D eigenvalue weighted by Gasteiger charge is 2.60. The topological polar surface area (TPSA) is 9.23 Å². The summed E-state index contributed by atoms with van der Waals surface area (Å²) >= 11 is 0. The van der Waals surface area contributed by atoms with Crippen LogP contribution in [-0.2, 0) is 4.74 Å². The van der Waals surface area contributed by atoms with Crippen molar-refractivity contribution in [3.05, 3.63) is 77.9 Å². The standard InChI is InChI=1S/C25H30O/c1-24(2)22(25(3)18-17-23(24)26-25)16-10-15-21(19-11-6-4-7-12-19)20-13-8-5-9-14-20/h4-9,11-15,22-23H,10,16-18H2,1-3H3/t22-,23-,25+/m0/s1. The highest BCUT2D eigenvalue weighted by atomic mass is 16.5. The fourth-order valence-corrected chi connectivity index (χ4v) is 5.36. The lowest BCUT2D eigenvalue weighted by Crippen LogP contribution is -2.40. The Morgan fingerprint density at radius 2 is 1.54 bits per heavy atom. The van der Waals surface area contributed by atoms with Gasteiger partial charge in [0.15, 0.2) is 0 Å². The Balaban J connectivity index is 1.57. The second-order valence-corrected chi connectivity index (χ2v) is 8.76. The number of benzene rings is 2. The van der Waals surface area contributed by atoms with Crippen LogP contribution in [0.5, 0.6) is 0 Å². The zero-order chi connectivity index (χ0) is 18.2. The third kappa shape index (κ3) is 3.03. The lowest BCUT2D eigenvalue weighted by molar-refractivity contribution is 0.00480. The molecule has 0 spiro atoms. The Bertz CT molecular complexity index is 728. The second-order valence-electron chi connectivity index (χ2n) is 8.76. The number of allylic oxidation sites excluding steroid dienone is 1. The molecule has 2 heterocycles. The van der Waals surface area contributed by atoms with Crippen molar-refractivity contribution in [3.8, 4) is 0 Å². The van der Waals surface area contributed by atoms with Gasteiger partial charge >= 0.3 is 0 Å². The van der Waals surface area contributed by atoms with Crippen LogP contribution in [0.4, 0.5) is 0 Å². The molecule has 1 heteroatoms. The fraction of sp³-hybridized carbons (Fsp3) is 0.440. The van der Waals surface area contributed by atoms with Gasteiger partial charge in [-0.2, -0.15) is 0 Å². The van der Waals surface area contributed by atoms with Gasteiger partial charge in [0.25, 0.3) is 0 Å². The molecule has 0 amide bonds. The molecule has 0 aliphatic carbocycles. The summed E-state index contributed by atoms with van der Waals surface area (Å²) in [4.78, 5) is 0. The van der Waals surface area contributed by atoms with Crippen LogP contribution in [0.2, 0.25) is 0 Å². The van der Waals surface area contributed by atoms with E-state index < -0.39 is 0 Å². The zero-order valence-corrected chi connectivity index (χ0v) is 16.2. The van der Waals surface area contributed by atoms with Crippen LogP contribution in [0, 0.1) is 11.3 Å². The normalized spacial score (nSPS) is 28.9. The van der Waals surface area contributed by atoms with Crippen molar-refractivity contribution in [2.75, 3.05) is 0 Å². The van der Waals surface area contributed by atoms with E-state index in [1.807, 2.05) is 0 Å². The van der Waals surface area contributed by atoms with Gasteiger partial charge in [-0.15, -0.1) is 0 Å². The van der Waals surface area contributed by atoms with E-state index in [-0.39, 0.29) is 5.60 Å². The van der Waals surface area contributed by atoms with Crippen molar-refractivity contribution in [3.63, 3.8) is 0 Å². The molecule has 0 unspecified atom stereocenters. The van der Waals surface area contributed by atoms with E-state index in [0.717, 1.165) is 6.42 Å². The highest BCUT2D eigenvalue weighted by molar-refractivity contribution is 5.79. The van der Waals surface area contributed by atoms with Crippen LogP contribution in [0.3, 0.4) is 0 Å². The monoisotopic (exact) mass is 346 g/mol. The molecule has 1 nitrogen and oxygen atoms in total. The van der Waals surface area contributed by atoms with Crippen molar-refractivity contribution in [2.24, 2.45) is 11.3 Å². The minimum Gasteiger partial charge on any atom is -0.371 e.